The normalized spacial score (nSPS) is 18.3. The monoisotopic (exact) mass is 1050 g/mol. The standard InChI is InChI=1S/C54H72N10O8S2/c1-35-44(60-53(69)72-42-9-7-6-8-10-42)27-40(31-56-35)39-15-16-43-46(28-39)74-52(59-43)55-17-18-62-19-21-63(22-20-62)23-24-70-25-26-71-33-47(66)61-49(54(3,4)5)51(68)64-32-41(65)29-45(64)50(67)57-30-37-11-13-38(14-12-37)48-36(2)58-34-73-48/h11-16,27-28,31,34,41-42,45,49,65H,6-10,17-26,29-30,32-33H2,1-5H3,(H,55,59)(H,57,67)(H,60,69)(H,61,66)/t41-,45+,49-/m1/s1. The van der Waals surface area contributed by atoms with Gasteiger partial charge in [0.2, 0.25) is 17.7 Å². The van der Waals surface area contributed by atoms with E-state index in [0.717, 1.165) is 125 Å². The first-order chi connectivity index (χ1) is 35.7. The van der Waals surface area contributed by atoms with E-state index in [-0.39, 0.29) is 44.7 Å². The quantitative estimate of drug-likeness (QED) is 0.0476. The highest BCUT2D eigenvalue weighted by Gasteiger charge is 2.44. The second kappa shape index (κ2) is 25.8. The van der Waals surface area contributed by atoms with Crippen molar-refractivity contribution in [2.45, 2.75) is 104 Å². The summed E-state index contributed by atoms with van der Waals surface area (Å²) in [5.74, 6) is -1.24. The van der Waals surface area contributed by atoms with Crippen LogP contribution in [0, 0.1) is 19.3 Å². The molecule has 20 heteroatoms. The number of hydrogen-bond acceptors (Lipinski definition) is 16. The van der Waals surface area contributed by atoms with Gasteiger partial charge in [-0.1, -0.05) is 68.9 Å². The first-order valence-corrected chi connectivity index (χ1v) is 27.6. The van der Waals surface area contributed by atoms with Gasteiger partial charge in [0.15, 0.2) is 5.13 Å². The molecule has 398 valence electrons. The lowest BCUT2D eigenvalue weighted by atomic mass is 9.85. The van der Waals surface area contributed by atoms with Crippen molar-refractivity contribution in [3.8, 4) is 21.6 Å². The SMILES string of the molecule is Cc1ncc(-c2ccc3nc(NCCN4CCN(CCOCCOCC(=O)N[C@H](C(=O)N5C[C@H](O)C[C@H]5C(=O)NCc5ccc(-c6scnc6C)cc5)C(C)(C)C)CC4)sc3c2)cc1NC(=O)OC1CCCCC1. The molecule has 5 heterocycles. The average molecular weight is 1050 g/mol. The highest BCUT2D eigenvalue weighted by Crippen LogP contribution is 2.33. The topological polar surface area (TPSA) is 213 Å². The molecule has 8 rings (SSSR count). The largest absolute Gasteiger partial charge is 0.446 e. The van der Waals surface area contributed by atoms with Crippen LogP contribution in [0.5, 0.6) is 0 Å². The number of β-amino-alcohol motifs (C(OH)–C–C–N with tert-alkyl or cyclic N) is 1. The molecule has 3 atom stereocenters. The molecule has 18 nitrogen and oxygen atoms in total. The summed E-state index contributed by atoms with van der Waals surface area (Å²) >= 11 is 3.20. The van der Waals surface area contributed by atoms with Crippen molar-refractivity contribution in [2.75, 3.05) is 89.4 Å². The molecular weight excluding hydrogens is 981 g/mol. The number of benzene rings is 2. The summed E-state index contributed by atoms with van der Waals surface area (Å²) in [5, 5.41) is 23.7. The van der Waals surface area contributed by atoms with Crippen molar-refractivity contribution < 1.29 is 38.5 Å². The van der Waals surface area contributed by atoms with Crippen molar-refractivity contribution in [1.29, 1.82) is 0 Å². The Labute approximate surface area is 442 Å². The molecule has 1 saturated carbocycles. The molecular formula is C54H72N10O8S2. The van der Waals surface area contributed by atoms with Crippen molar-refractivity contribution in [3.05, 3.63) is 77.2 Å². The Morgan fingerprint density at radius 2 is 1.58 bits per heavy atom. The number of likely N-dealkylation sites (tertiary alicyclic amines) is 1. The van der Waals surface area contributed by atoms with Crippen LogP contribution < -0.4 is 21.3 Å². The van der Waals surface area contributed by atoms with Gasteiger partial charge in [0.1, 0.15) is 24.8 Å². The number of aromatic nitrogens is 3. The molecule has 3 aliphatic rings. The molecule has 3 aromatic heterocycles. The third kappa shape index (κ3) is 15.0. The number of nitrogens with zero attached hydrogens (tertiary/aromatic N) is 6. The number of fused-ring (bicyclic) bond motifs is 1. The summed E-state index contributed by atoms with van der Waals surface area (Å²) in [7, 11) is 0. The first kappa shape index (κ1) is 54.6. The number of aryl methyl sites for hydroxylation is 2. The summed E-state index contributed by atoms with van der Waals surface area (Å²) in [5.41, 5.74) is 8.27. The van der Waals surface area contributed by atoms with Gasteiger partial charge in [0.25, 0.3) is 0 Å². The van der Waals surface area contributed by atoms with Crippen LogP contribution in [0.3, 0.4) is 0 Å². The van der Waals surface area contributed by atoms with E-state index in [1.165, 1.54) is 11.3 Å². The molecule has 3 fully saturated rings. The van der Waals surface area contributed by atoms with Crippen molar-refractivity contribution in [2.24, 2.45) is 5.41 Å². The fourth-order valence-electron chi connectivity index (χ4n) is 9.59. The number of ether oxygens (including phenoxy) is 3. The number of pyridine rings is 1. The lowest BCUT2D eigenvalue weighted by molar-refractivity contribution is -0.144. The van der Waals surface area contributed by atoms with E-state index in [4.69, 9.17) is 19.2 Å². The molecule has 0 radical (unpaired) electrons. The molecule has 1 aliphatic carbocycles. The third-order valence-electron chi connectivity index (χ3n) is 13.9. The number of carbonyl (C=O) groups excluding carboxylic acids is 4. The fourth-order valence-corrected chi connectivity index (χ4v) is 11.3. The molecule has 2 aromatic carbocycles. The number of aliphatic hydroxyl groups excluding tert-OH is 1. The zero-order valence-corrected chi connectivity index (χ0v) is 45.0. The average Bonchev–Trinajstić information content (AvgIpc) is 4.13. The summed E-state index contributed by atoms with van der Waals surface area (Å²) in [6.45, 7) is 16.8. The van der Waals surface area contributed by atoms with Crippen LogP contribution in [0.4, 0.5) is 15.6 Å². The van der Waals surface area contributed by atoms with Gasteiger partial charge in [0, 0.05) is 77.1 Å². The van der Waals surface area contributed by atoms with Crippen LogP contribution in [0.1, 0.15) is 76.2 Å². The third-order valence-corrected chi connectivity index (χ3v) is 15.9. The Balaban J connectivity index is 0.689. The zero-order valence-electron chi connectivity index (χ0n) is 43.3. The van der Waals surface area contributed by atoms with Crippen LogP contribution in [0.25, 0.3) is 31.8 Å². The minimum atomic E-state index is -0.947. The number of nitrogens with one attached hydrogen (secondary N) is 4. The number of anilines is 2. The predicted octanol–water partition coefficient (Wildman–Crippen LogP) is 6.85. The minimum absolute atomic E-state index is 0.00398. The van der Waals surface area contributed by atoms with Gasteiger partial charge in [-0.2, -0.15) is 0 Å². The number of carbonyl (C=O) groups is 4. The van der Waals surface area contributed by atoms with Crippen LogP contribution in [0.15, 0.2) is 60.2 Å². The summed E-state index contributed by atoms with van der Waals surface area (Å²) in [4.78, 5) is 74.3. The van der Waals surface area contributed by atoms with Gasteiger partial charge in [-0.25, -0.2) is 14.8 Å². The number of hydrogen-bond donors (Lipinski definition) is 5. The molecule has 0 unspecified atom stereocenters. The smallest absolute Gasteiger partial charge is 0.411 e. The van der Waals surface area contributed by atoms with Crippen LogP contribution in [0.2, 0.25) is 0 Å². The number of amides is 4. The molecule has 5 aromatic rings. The Bertz CT molecular complexity index is 2680. The maximum absolute atomic E-state index is 14.0. The van der Waals surface area contributed by atoms with E-state index < -0.39 is 41.5 Å². The van der Waals surface area contributed by atoms with Crippen LogP contribution >= 0.6 is 22.7 Å². The summed E-state index contributed by atoms with van der Waals surface area (Å²) < 4.78 is 18.2. The van der Waals surface area contributed by atoms with Gasteiger partial charge < -0.3 is 40.2 Å². The van der Waals surface area contributed by atoms with Crippen LogP contribution in [-0.4, -0.2) is 162 Å². The van der Waals surface area contributed by atoms with Gasteiger partial charge >= 0.3 is 6.09 Å². The fraction of sp³-hybridized carbons (Fsp3) is 0.537. The van der Waals surface area contributed by atoms with Gasteiger partial charge in [-0.15, -0.1) is 11.3 Å². The predicted molar refractivity (Wildman–Crippen MR) is 289 cm³/mol. The maximum atomic E-state index is 14.0. The minimum Gasteiger partial charge on any atom is -0.446 e. The maximum Gasteiger partial charge on any atom is 0.411 e. The van der Waals surface area contributed by atoms with Gasteiger partial charge in [0.05, 0.1) is 63.6 Å². The molecule has 0 spiro atoms. The van der Waals surface area contributed by atoms with Crippen molar-refractivity contribution in [3.63, 3.8) is 0 Å². The molecule has 74 heavy (non-hydrogen) atoms. The van der Waals surface area contributed by atoms with Crippen molar-refractivity contribution >= 4 is 67.5 Å². The Morgan fingerprint density at radius 1 is 0.851 bits per heavy atom. The molecule has 2 aliphatic heterocycles. The van der Waals surface area contributed by atoms with E-state index in [2.05, 4.69) is 47.1 Å². The molecule has 2 saturated heterocycles. The highest BCUT2D eigenvalue weighted by atomic mass is 32.1. The van der Waals surface area contributed by atoms with E-state index >= 15 is 0 Å². The van der Waals surface area contributed by atoms with E-state index in [0.29, 0.717) is 18.9 Å². The second-order valence-corrected chi connectivity index (χ2v) is 22.5. The van der Waals surface area contributed by atoms with E-state index in [1.807, 2.05) is 88.8 Å². The number of piperazine rings is 1. The van der Waals surface area contributed by atoms with E-state index in [1.54, 1.807) is 22.7 Å². The number of rotatable bonds is 21. The summed E-state index contributed by atoms with van der Waals surface area (Å²) in [6.07, 6.45) is 5.85. The van der Waals surface area contributed by atoms with Gasteiger partial charge in [-0.05, 0) is 79.8 Å². The molecule has 4 amide bonds. The van der Waals surface area contributed by atoms with Gasteiger partial charge in [-0.3, -0.25) is 34.5 Å². The lowest BCUT2D eigenvalue weighted by Crippen LogP contribution is -2.58. The Hall–Kier alpha value is -5.61. The molecule has 0 bridgehead atoms. The number of aliphatic hydroxyl groups is 1. The Morgan fingerprint density at radius 3 is 2.31 bits per heavy atom. The Kier molecular flexibility index (Phi) is 19.0. The van der Waals surface area contributed by atoms with E-state index in [9.17, 15) is 24.3 Å². The lowest BCUT2D eigenvalue weighted by Gasteiger charge is -2.35. The summed E-state index contributed by atoms with van der Waals surface area (Å²) in [6, 6.07) is 14.2. The second-order valence-electron chi connectivity index (χ2n) is 20.6. The van der Waals surface area contributed by atoms with Crippen LogP contribution in [-0.2, 0) is 35.1 Å². The highest BCUT2D eigenvalue weighted by molar-refractivity contribution is 7.22. The first-order valence-electron chi connectivity index (χ1n) is 25.9. The van der Waals surface area contributed by atoms with Crippen molar-refractivity contribution in [1.82, 2.24) is 40.3 Å². The number of thiazole rings is 2. The molecule has 5 N–H and O–H groups in total. The zero-order chi connectivity index (χ0) is 52.2.